The van der Waals surface area contributed by atoms with E-state index in [2.05, 4.69) is 31.1 Å². The predicted molar refractivity (Wildman–Crippen MR) is 76.7 cm³/mol. The van der Waals surface area contributed by atoms with Gasteiger partial charge in [0.05, 0.1) is 4.92 Å². The molecule has 6 heteroatoms. The molecule has 106 valence electrons. The lowest BCUT2D eigenvalue weighted by Crippen LogP contribution is -2.28. The summed E-state index contributed by atoms with van der Waals surface area (Å²) in [7, 11) is 2.01. The molecular weight excluding hydrogens is 244 g/mol. The highest BCUT2D eigenvalue weighted by Crippen LogP contribution is 2.25. The van der Waals surface area contributed by atoms with E-state index in [9.17, 15) is 10.1 Å². The Morgan fingerprint density at radius 2 is 2.05 bits per heavy atom. The minimum atomic E-state index is -0.428. The van der Waals surface area contributed by atoms with Crippen LogP contribution in [0, 0.1) is 15.5 Å². The highest BCUT2D eigenvalue weighted by Gasteiger charge is 2.17. The molecule has 3 N–H and O–H groups in total. The van der Waals surface area contributed by atoms with Crippen LogP contribution in [0.25, 0.3) is 0 Å². The summed E-state index contributed by atoms with van der Waals surface area (Å²) in [5, 5.41) is 10.9. The molecule has 1 rings (SSSR count). The third kappa shape index (κ3) is 4.84. The Kier molecular flexibility index (Phi) is 4.85. The van der Waals surface area contributed by atoms with Gasteiger partial charge in [-0.15, -0.1) is 0 Å². The molecule has 6 nitrogen and oxygen atoms in total. The van der Waals surface area contributed by atoms with Crippen LogP contribution in [0.5, 0.6) is 0 Å². The van der Waals surface area contributed by atoms with Crippen molar-refractivity contribution in [1.29, 1.82) is 0 Å². The first-order valence-corrected chi connectivity index (χ1v) is 6.15. The normalized spacial score (nSPS) is 11.7. The molecule has 0 bridgehead atoms. The molecule has 0 aliphatic carbocycles. The lowest BCUT2D eigenvalue weighted by molar-refractivity contribution is -0.384. The number of nitrogens with two attached hydrogens (primary N) is 1. The van der Waals surface area contributed by atoms with Gasteiger partial charge in [0.1, 0.15) is 5.69 Å². The monoisotopic (exact) mass is 266 g/mol. The number of rotatable bonds is 5. The lowest BCUT2D eigenvalue weighted by Gasteiger charge is -2.26. The zero-order valence-electron chi connectivity index (χ0n) is 11.9. The van der Waals surface area contributed by atoms with E-state index in [0.29, 0.717) is 12.2 Å². The Morgan fingerprint density at radius 3 is 2.53 bits per heavy atom. The number of nitrogens with one attached hydrogen (secondary N) is 1. The summed E-state index contributed by atoms with van der Waals surface area (Å²) in [6.07, 6.45) is 0. The smallest absolute Gasteiger partial charge is 0.293 e. The van der Waals surface area contributed by atoms with Crippen molar-refractivity contribution < 1.29 is 4.92 Å². The van der Waals surface area contributed by atoms with E-state index in [1.165, 1.54) is 0 Å². The average molecular weight is 266 g/mol. The van der Waals surface area contributed by atoms with Crippen molar-refractivity contribution in [3.63, 3.8) is 0 Å². The number of nitrogens with zero attached hydrogens (tertiary/aromatic N) is 2. The summed E-state index contributed by atoms with van der Waals surface area (Å²) in [5.74, 6) is 5.26. The van der Waals surface area contributed by atoms with Crippen LogP contribution >= 0.6 is 0 Å². The van der Waals surface area contributed by atoms with Crippen LogP contribution in [0.4, 0.5) is 11.4 Å². The van der Waals surface area contributed by atoms with E-state index in [-0.39, 0.29) is 11.1 Å². The number of hydrazine groups is 1. The molecule has 0 fully saturated rings. The molecular formula is C13H22N4O2. The Morgan fingerprint density at radius 1 is 1.42 bits per heavy atom. The van der Waals surface area contributed by atoms with Gasteiger partial charge in [-0.2, -0.15) is 0 Å². The van der Waals surface area contributed by atoms with Crippen LogP contribution in [0.2, 0.25) is 0 Å². The van der Waals surface area contributed by atoms with Crippen molar-refractivity contribution in [3.8, 4) is 0 Å². The molecule has 0 amide bonds. The van der Waals surface area contributed by atoms with Crippen molar-refractivity contribution >= 4 is 11.4 Å². The molecule has 19 heavy (non-hydrogen) atoms. The number of hydrogen-bond donors (Lipinski definition) is 2. The summed E-state index contributed by atoms with van der Waals surface area (Å²) in [6.45, 7) is 8.06. The summed E-state index contributed by atoms with van der Waals surface area (Å²) in [4.78, 5) is 12.7. The number of benzene rings is 1. The number of nitro benzene ring substituents is 1. The van der Waals surface area contributed by atoms with E-state index in [4.69, 9.17) is 5.84 Å². The van der Waals surface area contributed by atoms with Gasteiger partial charge in [0, 0.05) is 19.2 Å². The van der Waals surface area contributed by atoms with Gasteiger partial charge in [-0.25, -0.2) is 0 Å². The van der Waals surface area contributed by atoms with Crippen molar-refractivity contribution in [2.75, 3.05) is 19.0 Å². The molecule has 0 aliphatic rings. The predicted octanol–water partition coefficient (Wildman–Crippen LogP) is 2.36. The number of anilines is 1. The Bertz CT molecular complexity index is 454. The van der Waals surface area contributed by atoms with E-state index in [1.807, 2.05) is 13.1 Å². The fourth-order valence-electron chi connectivity index (χ4n) is 2.13. The minimum absolute atomic E-state index is 0.00385. The van der Waals surface area contributed by atoms with Gasteiger partial charge in [-0.05, 0) is 24.1 Å². The van der Waals surface area contributed by atoms with Gasteiger partial charge < -0.3 is 10.3 Å². The number of nitrogen functional groups attached to an aromatic ring is 1. The third-order valence-corrected chi connectivity index (χ3v) is 2.61. The van der Waals surface area contributed by atoms with Crippen LogP contribution in [-0.2, 0) is 6.54 Å². The van der Waals surface area contributed by atoms with Gasteiger partial charge in [-0.1, -0.05) is 26.8 Å². The third-order valence-electron chi connectivity index (χ3n) is 2.61. The van der Waals surface area contributed by atoms with Crippen LogP contribution in [0.3, 0.4) is 0 Å². The quantitative estimate of drug-likeness (QED) is 0.485. The molecule has 1 aromatic rings. The molecule has 1 aromatic carbocycles. The maximum absolute atomic E-state index is 10.9. The summed E-state index contributed by atoms with van der Waals surface area (Å²) in [5.41, 5.74) is 3.76. The van der Waals surface area contributed by atoms with Gasteiger partial charge in [0.2, 0.25) is 0 Å². The Labute approximate surface area is 113 Å². The molecule has 0 heterocycles. The van der Waals surface area contributed by atoms with Crippen molar-refractivity contribution in [1.82, 2.24) is 4.90 Å². The minimum Gasteiger partial charge on any atom is -0.318 e. The first-order chi connectivity index (χ1) is 8.73. The maximum atomic E-state index is 10.9. The first kappa shape index (κ1) is 15.4. The fraction of sp³-hybridized carbons (Fsp3) is 0.538. The average Bonchev–Trinajstić information content (AvgIpc) is 2.26. The van der Waals surface area contributed by atoms with Crippen LogP contribution < -0.4 is 11.3 Å². The molecule has 0 radical (unpaired) electrons. The Balaban J connectivity index is 2.85. The second kappa shape index (κ2) is 5.99. The molecule has 0 saturated heterocycles. The molecule has 0 aromatic heterocycles. The maximum Gasteiger partial charge on any atom is 0.293 e. The summed E-state index contributed by atoms with van der Waals surface area (Å²) >= 11 is 0. The summed E-state index contributed by atoms with van der Waals surface area (Å²) in [6, 6.07) is 5.05. The molecule has 0 unspecified atom stereocenters. The molecule has 0 saturated carbocycles. The van der Waals surface area contributed by atoms with Crippen LogP contribution in [0.1, 0.15) is 26.3 Å². The highest BCUT2D eigenvalue weighted by molar-refractivity contribution is 5.61. The molecule has 0 aliphatic heterocycles. The van der Waals surface area contributed by atoms with Gasteiger partial charge in [0.25, 0.3) is 5.69 Å². The van der Waals surface area contributed by atoms with Crippen LogP contribution in [-0.4, -0.2) is 23.4 Å². The highest BCUT2D eigenvalue weighted by atomic mass is 16.6. The lowest BCUT2D eigenvalue weighted by atomic mass is 9.96. The molecule has 0 spiro atoms. The van der Waals surface area contributed by atoms with E-state index in [1.54, 1.807) is 12.1 Å². The van der Waals surface area contributed by atoms with Gasteiger partial charge in [0.15, 0.2) is 0 Å². The van der Waals surface area contributed by atoms with Gasteiger partial charge >= 0.3 is 0 Å². The zero-order valence-corrected chi connectivity index (χ0v) is 11.9. The topological polar surface area (TPSA) is 84.4 Å². The molecule has 0 atom stereocenters. The second-order valence-corrected chi connectivity index (χ2v) is 5.99. The van der Waals surface area contributed by atoms with Crippen molar-refractivity contribution in [3.05, 3.63) is 33.9 Å². The largest absolute Gasteiger partial charge is 0.318 e. The SMILES string of the molecule is CN(Cc1ccc(NN)c([N+](=O)[O-])c1)CC(C)(C)C. The fourth-order valence-corrected chi connectivity index (χ4v) is 2.13. The van der Waals surface area contributed by atoms with Crippen molar-refractivity contribution in [2.24, 2.45) is 11.3 Å². The Hall–Kier alpha value is -1.66. The number of hydrogen-bond acceptors (Lipinski definition) is 5. The van der Waals surface area contributed by atoms with Gasteiger partial charge in [-0.3, -0.25) is 16.0 Å². The van der Waals surface area contributed by atoms with E-state index >= 15 is 0 Å². The standard InChI is InChI=1S/C13H22N4O2/c1-13(2,3)9-16(4)8-10-5-6-11(15-14)12(7-10)17(18)19/h5-7,15H,8-9,14H2,1-4H3. The van der Waals surface area contributed by atoms with Crippen molar-refractivity contribution in [2.45, 2.75) is 27.3 Å². The van der Waals surface area contributed by atoms with E-state index in [0.717, 1.165) is 12.1 Å². The van der Waals surface area contributed by atoms with Crippen LogP contribution in [0.15, 0.2) is 18.2 Å². The zero-order chi connectivity index (χ0) is 14.6. The second-order valence-electron chi connectivity index (χ2n) is 5.99. The summed E-state index contributed by atoms with van der Waals surface area (Å²) < 4.78 is 0. The first-order valence-electron chi connectivity index (χ1n) is 6.15. The number of nitro groups is 1. The van der Waals surface area contributed by atoms with E-state index < -0.39 is 4.92 Å².